The summed E-state index contributed by atoms with van der Waals surface area (Å²) in [6.45, 7) is 4.25. The number of hydrogen-bond donors (Lipinski definition) is 1. The molecule has 0 saturated heterocycles. The molecule has 1 heterocycles. The molecule has 0 aliphatic carbocycles. The first kappa shape index (κ1) is 13.5. The second-order valence-corrected chi connectivity index (χ2v) is 6.19. The molecule has 0 spiro atoms. The monoisotopic (exact) mass is 281 g/mol. The summed E-state index contributed by atoms with van der Waals surface area (Å²) >= 11 is 1.84. The van der Waals surface area contributed by atoms with Gasteiger partial charge in [-0.2, -0.15) is 0 Å². The van der Waals surface area contributed by atoms with Crippen molar-refractivity contribution in [2.24, 2.45) is 0 Å². The zero-order valence-corrected chi connectivity index (χ0v) is 12.5. The predicted octanol–water partition coefficient (Wildman–Crippen LogP) is 4.52. The molecular weight excluding hydrogens is 262 g/mol. The molecule has 0 unspecified atom stereocenters. The van der Waals surface area contributed by atoms with E-state index in [1.807, 2.05) is 11.8 Å². The van der Waals surface area contributed by atoms with Gasteiger partial charge in [0.1, 0.15) is 0 Å². The highest BCUT2D eigenvalue weighted by Crippen LogP contribution is 2.31. The van der Waals surface area contributed by atoms with Crippen molar-refractivity contribution in [3.8, 4) is 0 Å². The van der Waals surface area contributed by atoms with Crippen LogP contribution >= 0.6 is 11.8 Å². The van der Waals surface area contributed by atoms with Crippen LogP contribution in [0.5, 0.6) is 0 Å². The molecule has 0 amide bonds. The van der Waals surface area contributed by atoms with Crippen LogP contribution in [0.1, 0.15) is 17.5 Å². The number of rotatable bonds is 3. The highest BCUT2D eigenvalue weighted by atomic mass is 32.2. The normalized spacial score (nSPS) is 14.9. The average Bonchev–Trinajstić information content (AvgIpc) is 2.51. The fourth-order valence-electron chi connectivity index (χ4n) is 2.42. The van der Waals surface area contributed by atoms with Gasteiger partial charge in [0.15, 0.2) is 0 Å². The zero-order chi connectivity index (χ0) is 13.8. The van der Waals surface area contributed by atoms with E-state index in [0.29, 0.717) is 0 Å². The van der Waals surface area contributed by atoms with Gasteiger partial charge in [0.2, 0.25) is 0 Å². The van der Waals surface area contributed by atoms with Gasteiger partial charge >= 0.3 is 0 Å². The third-order valence-corrected chi connectivity index (χ3v) is 4.80. The van der Waals surface area contributed by atoms with Gasteiger partial charge in [0.05, 0.1) is 0 Å². The second kappa shape index (κ2) is 6.29. The van der Waals surface area contributed by atoms with Crippen molar-refractivity contribution < 1.29 is 0 Å². The molecule has 2 aromatic rings. The smallest absolute Gasteiger partial charge is 0.0151 e. The van der Waals surface area contributed by atoms with Crippen LogP contribution in [0.25, 0.3) is 5.57 Å². The third-order valence-electron chi connectivity index (χ3n) is 3.61. The van der Waals surface area contributed by atoms with Crippen LogP contribution in [-0.4, -0.2) is 13.1 Å². The molecular formula is C18H19NS. The van der Waals surface area contributed by atoms with Crippen LogP contribution in [0.4, 0.5) is 0 Å². The average molecular weight is 281 g/mol. The van der Waals surface area contributed by atoms with Gasteiger partial charge in [-0.3, -0.25) is 0 Å². The van der Waals surface area contributed by atoms with Crippen LogP contribution < -0.4 is 5.32 Å². The third kappa shape index (κ3) is 3.14. The lowest BCUT2D eigenvalue weighted by molar-refractivity contribution is 0.738. The largest absolute Gasteiger partial charge is 0.313 e. The van der Waals surface area contributed by atoms with Crippen LogP contribution in [-0.2, 0) is 0 Å². The first-order chi connectivity index (χ1) is 9.83. The van der Waals surface area contributed by atoms with Crippen molar-refractivity contribution in [2.75, 3.05) is 13.1 Å². The Balaban J connectivity index is 1.76. The Morgan fingerprint density at radius 2 is 1.80 bits per heavy atom. The molecule has 1 aliphatic rings. The van der Waals surface area contributed by atoms with Crippen molar-refractivity contribution in [2.45, 2.75) is 23.1 Å². The minimum Gasteiger partial charge on any atom is -0.313 e. The molecule has 0 saturated carbocycles. The van der Waals surface area contributed by atoms with Gasteiger partial charge in [-0.25, -0.2) is 0 Å². The first-order valence-corrected chi connectivity index (χ1v) is 7.88. The Kier molecular flexibility index (Phi) is 4.24. The summed E-state index contributed by atoms with van der Waals surface area (Å²) < 4.78 is 0. The maximum absolute atomic E-state index is 3.35. The van der Waals surface area contributed by atoms with Crippen LogP contribution in [0, 0.1) is 6.92 Å². The molecule has 2 aromatic carbocycles. The number of nitrogens with one attached hydrogen (secondary N) is 1. The molecule has 3 rings (SSSR count). The highest BCUT2D eigenvalue weighted by molar-refractivity contribution is 7.99. The van der Waals surface area contributed by atoms with Crippen molar-refractivity contribution in [3.63, 3.8) is 0 Å². The van der Waals surface area contributed by atoms with Gasteiger partial charge in [0, 0.05) is 16.3 Å². The Hall–Kier alpha value is -1.51. The van der Waals surface area contributed by atoms with Gasteiger partial charge in [-0.05, 0) is 54.8 Å². The lowest BCUT2D eigenvalue weighted by Crippen LogP contribution is -2.19. The number of benzene rings is 2. The highest BCUT2D eigenvalue weighted by Gasteiger charge is 2.06. The second-order valence-electron chi connectivity index (χ2n) is 5.08. The number of aryl methyl sites for hydroxylation is 1. The Morgan fingerprint density at radius 3 is 2.50 bits per heavy atom. The lowest BCUT2D eigenvalue weighted by atomic mass is 10.0. The molecule has 0 radical (unpaired) electrons. The summed E-state index contributed by atoms with van der Waals surface area (Å²) in [5.74, 6) is 0. The van der Waals surface area contributed by atoms with Crippen molar-refractivity contribution in [3.05, 3.63) is 65.7 Å². The standard InChI is InChI=1S/C18H19NS/c1-14-4-2-3-5-18(14)20-17-8-6-15(7-9-17)16-10-12-19-13-11-16/h2-10,19H,11-13H2,1H3. The van der Waals surface area contributed by atoms with E-state index in [1.165, 1.54) is 26.5 Å². The summed E-state index contributed by atoms with van der Waals surface area (Å²) in [5, 5.41) is 3.35. The zero-order valence-electron chi connectivity index (χ0n) is 11.7. The number of hydrogen-bond acceptors (Lipinski definition) is 2. The topological polar surface area (TPSA) is 12.0 Å². The van der Waals surface area contributed by atoms with Gasteiger partial charge in [0.25, 0.3) is 0 Å². The molecule has 102 valence electrons. The minimum absolute atomic E-state index is 0.995. The fraction of sp³-hybridized carbons (Fsp3) is 0.222. The van der Waals surface area contributed by atoms with E-state index in [-0.39, 0.29) is 0 Å². The summed E-state index contributed by atoms with van der Waals surface area (Å²) in [7, 11) is 0. The Bertz CT molecular complexity index is 614. The molecule has 20 heavy (non-hydrogen) atoms. The van der Waals surface area contributed by atoms with E-state index in [2.05, 4.69) is 66.8 Å². The molecule has 0 atom stereocenters. The first-order valence-electron chi connectivity index (χ1n) is 7.06. The summed E-state index contributed by atoms with van der Waals surface area (Å²) in [6.07, 6.45) is 3.43. The van der Waals surface area contributed by atoms with E-state index in [9.17, 15) is 0 Å². The summed E-state index contributed by atoms with van der Waals surface area (Å²) in [4.78, 5) is 2.64. The summed E-state index contributed by atoms with van der Waals surface area (Å²) in [5.41, 5.74) is 4.17. The maximum Gasteiger partial charge on any atom is 0.0151 e. The van der Waals surface area contributed by atoms with Gasteiger partial charge in [-0.1, -0.05) is 48.2 Å². The van der Waals surface area contributed by atoms with Gasteiger partial charge < -0.3 is 5.32 Å². The quantitative estimate of drug-likeness (QED) is 0.887. The minimum atomic E-state index is 0.995. The lowest BCUT2D eigenvalue weighted by Gasteiger charge is -2.14. The molecule has 1 aliphatic heterocycles. The van der Waals surface area contributed by atoms with E-state index in [1.54, 1.807) is 0 Å². The molecule has 0 aromatic heterocycles. The van der Waals surface area contributed by atoms with E-state index in [0.717, 1.165) is 19.5 Å². The van der Waals surface area contributed by atoms with E-state index < -0.39 is 0 Å². The van der Waals surface area contributed by atoms with Gasteiger partial charge in [-0.15, -0.1) is 0 Å². The van der Waals surface area contributed by atoms with Crippen LogP contribution in [0.15, 0.2) is 64.4 Å². The molecule has 1 nitrogen and oxygen atoms in total. The van der Waals surface area contributed by atoms with Crippen molar-refractivity contribution in [1.82, 2.24) is 5.32 Å². The van der Waals surface area contributed by atoms with Crippen LogP contribution in [0.2, 0.25) is 0 Å². The molecule has 0 fully saturated rings. The van der Waals surface area contributed by atoms with E-state index in [4.69, 9.17) is 0 Å². The maximum atomic E-state index is 3.35. The Morgan fingerprint density at radius 1 is 1.00 bits per heavy atom. The Labute approximate surface area is 125 Å². The fourth-order valence-corrected chi connectivity index (χ4v) is 3.32. The molecule has 2 heteroatoms. The SMILES string of the molecule is Cc1ccccc1Sc1ccc(C2=CCNCC2)cc1. The van der Waals surface area contributed by atoms with Crippen LogP contribution in [0.3, 0.4) is 0 Å². The molecule has 0 bridgehead atoms. The van der Waals surface area contributed by atoms with E-state index >= 15 is 0 Å². The summed E-state index contributed by atoms with van der Waals surface area (Å²) in [6, 6.07) is 17.5. The van der Waals surface area contributed by atoms with Crippen molar-refractivity contribution >= 4 is 17.3 Å². The van der Waals surface area contributed by atoms with Crippen molar-refractivity contribution in [1.29, 1.82) is 0 Å². The molecule has 1 N–H and O–H groups in total. The predicted molar refractivity (Wildman–Crippen MR) is 87.2 cm³/mol.